The Balaban J connectivity index is 1.95. The minimum Gasteiger partial charge on any atom is -0.284 e. The van der Waals surface area contributed by atoms with Crippen LogP contribution in [-0.2, 0) is 13.1 Å². The molecule has 0 saturated heterocycles. The number of nitriles is 1. The molecule has 0 amide bonds. The fraction of sp³-hybridized carbons (Fsp3) is 0.125. The molecule has 0 radical (unpaired) electrons. The normalized spacial score (nSPS) is 12.2. The van der Waals surface area contributed by atoms with Crippen LogP contribution in [0.2, 0.25) is 0 Å². The van der Waals surface area contributed by atoms with E-state index in [0.717, 1.165) is 13.1 Å². The van der Waals surface area contributed by atoms with Crippen molar-refractivity contribution in [3.05, 3.63) is 120 Å². The molecule has 3 aromatic carbocycles. The summed E-state index contributed by atoms with van der Waals surface area (Å²) in [6.07, 6.45) is 3.57. The highest BCUT2D eigenvalue weighted by atomic mass is 15.1. The van der Waals surface area contributed by atoms with Gasteiger partial charge in [0.05, 0.1) is 12.1 Å². The smallest absolute Gasteiger partial charge is 0.0909 e. The van der Waals surface area contributed by atoms with E-state index in [4.69, 9.17) is 5.26 Å². The maximum atomic E-state index is 9.07. The van der Waals surface area contributed by atoms with E-state index in [1.165, 1.54) is 16.7 Å². The first-order valence-corrected chi connectivity index (χ1v) is 8.80. The van der Waals surface area contributed by atoms with Gasteiger partial charge >= 0.3 is 0 Å². The molecule has 2 nitrogen and oxygen atoms in total. The molecular formula is C24H22N2. The van der Waals surface area contributed by atoms with Crippen molar-refractivity contribution < 1.29 is 0 Å². The Morgan fingerprint density at radius 2 is 1.19 bits per heavy atom. The largest absolute Gasteiger partial charge is 0.284 e. The van der Waals surface area contributed by atoms with Gasteiger partial charge in [-0.1, -0.05) is 97.1 Å². The fourth-order valence-electron chi connectivity index (χ4n) is 3.12. The van der Waals surface area contributed by atoms with E-state index in [1.807, 2.05) is 36.4 Å². The lowest BCUT2D eigenvalue weighted by molar-refractivity contribution is 0.212. The highest BCUT2D eigenvalue weighted by molar-refractivity contribution is 5.26. The Morgan fingerprint density at radius 3 is 1.65 bits per heavy atom. The van der Waals surface area contributed by atoms with Crippen LogP contribution in [0.3, 0.4) is 0 Å². The van der Waals surface area contributed by atoms with E-state index in [9.17, 15) is 0 Å². The molecule has 26 heavy (non-hydrogen) atoms. The maximum absolute atomic E-state index is 9.07. The zero-order valence-electron chi connectivity index (χ0n) is 14.7. The summed E-state index contributed by atoms with van der Waals surface area (Å²) in [6, 6.07) is 33.5. The summed E-state index contributed by atoms with van der Waals surface area (Å²) in [4.78, 5) is 2.40. The molecule has 3 rings (SSSR count). The number of nitrogens with zero attached hydrogens (tertiary/aromatic N) is 2. The monoisotopic (exact) mass is 338 g/mol. The van der Waals surface area contributed by atoms with E-state index in [2.05, 4.69) is 71.6 Å². The second-order valence-electron chi connectivity index (χ2n) is 6.22. The molecule has 0 unspecified atom stereocenters. The van der Waals surface area contributed by atoms with Crippen molar-refractivity contribution in [3.63, 3.8) is 0 Å². The Labute approximate surface area is 155 Å². The number of benzene rings is 3. The lowest BCUT2D eigenvalue weighted by Crippen LogP contribution is -2.27. The molecule has 0 heterocycles. The highest BCUT2D eigenvalue weighted by Gasteiger charge is 2.18. The van der Waals surface area contributed by atoms with Gasteiger partial charge in [0.1, 0.15) is 0 Å². The van der Waals surface area contributed by atoms with Crippen molar-refractivity contribution in [3.8, 4) is 6.07 Å². The van der Waals surface area contributed by atoms with Gasteiger partial charge in [0.15, 0.2) is 0 Å². The molecule has 0 saturated carbocycles. The van der Waals surface area contributed by atoms with Crippen LogP contribution in [0.1, 0.15) is 22.7 Å². The SMILES string of the molecule is N#C/C=C/[C@@H](c1ccccc1)N(Cc1ccccc1)Cc1ccccc1. The third-order valence-corrected chi connectivity index (χ3v) is 4.34. The standard InChI is InChI=1S/C24H22N2/c25-18-10-17-24(23-15-8-3-9-16-23)26(19-21-11-4-1-5-12-21)20-22-13-6-2-7-14-22/h1-17,24H,19-20H2/b17-10+/t24-/m0/s1. The molecule has 0 aliphatic heterocycles. The first kappa shape index (κ1) is 17.7. The average molecular weight is 338 g/mol. The molecular weight excluding hydrogens is 316 g/mol. The molecule has 0 fully saturated rings. The van der Waals surface area contributed by atoms with E-state index in [1.54, 1.807) is 6.08 Å². The summed E-state index contributed by atoms with van der Waals surface area (Å²) < 4.78 is 0. The third kappa shape index (κ3) is 4.92. The Hall–Kier alpha value is -3.15. The van der Waals surface area contributed by atoms with E-state index in [0.29, 0.717) is 0 Å². The van der Waals surface area contributed by atoms with Crippen LogP contribution in [0.15, 0.2) is 103 Å². The summed E-state index contributed by atoms with van der Waals surface area (Å²) in [5, 5.41) is 9.07. The molecule has 0 aromatic heterocycles. The minimum atomic E-state index is 0.0382. The number of hydrogen-bond donors (Lipinski definition) is 0. The van der Waals surface area contributed by atoms with Gasteiger partial charge in [-0.25, -0.2) is 0 Å². The molecule has 1 atom stereocenters. The zero-order chi connectivity index (χ0) is 18.0. The molecule has 128 valence electrons. The summed E-state index contributed by atoms with van der Waals surface area (Å²) in [7, 11) is 0. The van der Waals surface area contributed by atoms with Crippen molar-refractivity contribution >= 4 is 0 Å². The van der Waals surface area contributed by atoms with Gasteiger partial charge in [-0.3, -0.25) is 4.90 Å². The maximum Gasteiger partial charge on any atom is 0.0909 e. The van der Waals surface area contributed by atoms with Crippen molar-refractivity contribution in [2.24, 2.45) is 0 Å². The Kier molecular flexibility index (Phi) is 6.36. The summed E-state index contributed by atoms with van der Waals surface area (Å²) in [5.74, 6) is 0. The Bertz CT molecular complexity index is 807. The van der Waals surface area contributed by atoms with E-state index < -0.39 is 0 Å². The number of hydrogen-bond acceptors (Lipinski definition) is 2. The average Bonchev–Trinajstić information content (AvgIpc) is 2.70. The van der Waals surface area contributed by atoms with Crippen LogP contribution in [0, 0.1) is 11.3 Å². The topological polar surface area (TPSA) is 27.0 Å². The van der Waals surface area contributed by atoms with Gasteiger partial charge in [0, 0.05) is 19.2 Å². The first-order valence-electron chi connectivity index (χ1n) is 8.80. The summed E-state index contributed by atoms with van der Waals surface area (Å²) in [5.41, 5.74) is 3.70. The van der Waals surface area contributed by atoms with Crippen molar-refractivity contribution in [2.45, 2.75) is 19.1 Å². The first-order chi connectivity index (χ1) is 12.9. The van der Waals surface area contributed by atoms with Crippen molar-refractivity contribution in [2.75, 3.05) is 0 Å². The molecule has 0 aliphatic rings. The van der Waals surface area contributed by atoms with Crippen molar-refractivity contribution in [1.29, 1.82) is 5.26 Å². The third-order valence-electron chi connectivity index (χ3n) is 4.34. The number of allylic oxidation sites excluding steroid dienone is 1. The fourth-order valence-corrected chi connectivity index (χ4v) is 3.12. The van der Waals surface area contributed by atoms with Gasteiger partial charge in [0.2, 0.25) is 0 Å². The quantitative estimate of drug-likeness (QED) is 0.531. The van der Waals surface area contributed by atoms with E-state index in [-0.39, 0.29) is 6.04 Å². The molecule has 0 spiro atoms. The van der Waals surface area contributed by atoms with Crippen LogP contribution in [0.5, 0.6) is 0 Å². The molecule has 3 aromatic rings. The van der Waals surface area contributed by atoms with E-state index >= 15 is 0 Å². The molecule has 0 bridgehead atoms. The van der Waals surface area contributed by atoms with Gasteiger partial charge in [-0.05, 0) is 16.7 Å². The molecule has 0 N–H and O–H groups in total. The lowest BCUT2D eigenvalue weighted by Gasteiger charge is -2.30. The van der Waals surface area contributed by atoms with Crippen LogP contribution in [0.25, 0.3) is 0 Å². The second kappa shape index (κ2) is 9.36. The molecule has 0 aliphatic carbocycles. The number of rotatable bonds is 7. The minimum absolute atomic E-state index is 0.0382. The van der Waals surface area contributed by atoms with Crippen LogP contribution < -0.4 is 0 Å². The van der Waals surface area contributed by atoms with Gasteiger partial charge < -0.3 is 0 Å². The Morgan fingerprint density at radius 1 is 0.731 bits per heavy atom. The second-order valence-corrected chi connectivity index (χ2v) is 6.22. The summed E-state index contributed by atoms with van der Waals surface area (Å²) in [6.45, 7) is 1.62. The predicted molar refractivity (Wildman–Crippen MR) is 106 cm³/mol. The van der Waals surface area contributed by atoms with Gasteiger partial charge in [0.25, 0.3) is 0 Å². The summed E-state index contributed by atoms with van der Waals surface area (Å²) >= 11 is 0. The lowest BCUT2D eigenvalue weighted by atomic mass is 10.0. The zero-order valence-corrected chi connectivity index (χ0v) is 14.7. The molecule has 2 heteroatoms. The van der Waals surface area contributed by atoms with Gasteiger partial charge in [-0.15, -0.1) is 0 Å². The van der Waals surface area contributed by atoms with Crippen LogP contribution in [0.4, 0.5) is 0 Å². The van der Waals surface area contributed by atoms with Crippen LogP contribution in [-0.4, -0.2) is 4.90 Å². The van der Waals surface area contributed by atoms with Gasteiger partial charge in [-0.2, -0.15) is 5.26 Å². The van der Waals surface area contributed by atoms with Crippen molar-refractivity contribution in [1.82, 2.24) is 4.90 Å². The highest BCUT2D eigenvalue weighted by Crippen LogP contribution is 2.26. The van der Waals surface area contributed by atoms with Crippen LogP contribution >= 0.6 is 0 Å². The predicted octanol–water partition coefficient (Wildman–Crippen LogP) is 5.51.